The molecule has 0 fully saturated rings. The van der Waals surface area contributed by atoms with Gasteiger partial charge in [0, 0.05) is 55.3 Å². The van der Waals surface area contributed by atoms with Gasteiger partial charge in [-0.3, -0.25) is 14.7 Å². The molecule has 0 saturated carbocycles. The number of carbonyl (C=O) groups is 3. The van der Waals surface area contributed by atoms with Crippen molar-refractivity contribution in [2.45, 2.75) is 13.1 Å². The average molecular weight is 544 g/mol. The Hall–Kier alpha value is -4.88. The highest BCUT2D eigenvalue weighted by molar-refractivity contribution is 6.27. The number of amidine groups is 1. The van der Waals surface area contributed by atoms with Gasteiger partial charge in [0.2, 0.25) is 5.96 Å². The molecule has 3 N–H and O–H groups in total. The Morgan fingerprint density at radius 2 is 1.92 bits per heavy atom. The first-order chi connectivity index (χ1) is 18.5. The summed E-state index contributed by atoms with van der Waals surface area (Å²) in [5, 5.41) is 7.98. The van der Waals surface area contributed by atoms with Gasteiger partial charge in [-0.2, -0.15) is 23.1 Å². The molecule has 11 nitrogen and oxygen atoms in total. The summed E-state index contributed by atoms with van der Waals surface area (Å²) in [5.74, 6) is -0.193. The number of allylic oxidation sites excluding steroid dienone is 1. The summed E-state index contributed by atoms with van der Waals surface area (Å²) in [6, 6.07) is 6.91. The van der Waals surface area contributed by atoms with Gasteiger partial charge in [0.15, 0.2) is 5.84 Å². The fraction of sp³-hybridized carbons (Fsp3) is 0.240. The van der Waals surface area contributed by atoms with Crippen molar-refractivity contribution in [2.24, 2.45) is 9.98 Å². The van der Waals surface area contributed by atoms with Crippen molar-refractivity contribution < 1.29 is 32.3 Å². The second-order valence-electron chi connectivity index (χ2n) is 8.36. The van der Waals surface area contributed by atoms with E-state index in [2.05, 4.69) is 25.9 Å². The number of alkyl halides is 3. The highest BCUT2D eigenvalue weighted by atomic mass is 19.4. The minimum absolute atomic E-state index is 0.119. The van der Waals surface area contributed by atoms with E-state index in [1.807, 2.05) is 0 Å². The van der Waals surface area contributed by atoms with Crippen molar-refractivity contribution >= 4 is 41.1 Å². The normalized spacial score (nSPS) is 16.4. The zero-order valence-electron chi connectivity index (χ0n) is 21.3. The van der Waals surface area contributed by atoms with Gasteiger partial charge in [0.1, 0.15) is 5.75 Å². The standard InChI is InChI=1S/C25H24F3N7O4/c1-13-19-12-31-22(29-2)33-20(19)35(23(37)30-3)24(38)34(13)17-9-16(10-18(11-17)39-4)32-21(36)14-6-5-7-15(8-14)25(26,27)28/h5-11H,12H2,1-4H3,(H,29,31)(H,30,37)(H,32,36). The number of methoxy groups -OCH3 is 1. The van der Waals surface area contributed by atoms with Crippen LogP contribution in [0.4, 0.5) is 34.1 Å². The van der Waals surface area contributed by atoms with E-state index in [1.165, 1.54) is 50.4 Å². The zero-order chi connectivity index (χ0) is 28.5. The van der Waals surface area contributed by atoms with Crippen LogP contribution in [-0.2, 0) is 6.18 Å². The second kappa shape index (κ2) is 10.5. The second-order valence-corrected chi connectivity index (χ2v) is 8.36. The number of nitrogens with zero attached hydrogens (tertiary/aromatic N) is 4. The number of hydrogen-bond donors (Lipinski definition) is 3. The van der Waals surface area contributed by atoms with Crippen molar-refractivity contribution in [2.75, 3.05) is 38.0 Å². The monoisotopic (exact) mass is 543 g/mol. The number of ether oxygens (including phenoxy) is 1. The van der Waals surface area contributed by atoms with Gasteiger partial charge in [-0.15, -0.1) is 0 Å². The van der Waals surface area contributed by atoms with Crippen LogP contribution in [0.25, 0.3) is 0 Å². The summed E-state index contributed by atoms with van der Waals surface area (Å²) in [6.45, 7) is 1.89. The van der Waals surface area contributed by atoms with Crippen molar-refractivity contribution in [1.29, 1.82) is 0 Å². The van der Waals surface area contributed by atoms with Crippen LogP contribution < -0.4 is 25.6 Å². The van der Waals surface area contributed by atoms with Crippen LogP contribution in [0, 0.1) is 0 Å². The first-order valence-electron chi connectivity index (χ1n) is 11.5. The van der Waals surface area contributed by atoms with Gasteiger partial charge in [0.25, 0.3) is 5.91 Å². The summed E-state index contributed by atoms with van der Waals surface area (Å²) in [7, 11) is 4.26. The molecule has 2 heterocycles. The van der Waals surface area contributed by atoms with Crippen LogP contribution in [0.1, 0.15) is 22.8 Å². The van der Waals surface area contributed by atoms with E-state index >= 15 is 0 Å². The summed E-state index contributed by atoms with van der Waals surface area (Å²) in [4.78, 5) is 49.6. The number of nitrogens with one attached hydrogen (secondary N) is 3. The lowest BCUT2D eigenvalue weighted by Crippen LogP contribution is -2.58. The van der Waals surface area contributed by atoms with Crippen molar-refractivity contribution in [3.63, 3.8) is 0 Å². The number of urea groups is 2. The fourth-order valence-corrected chi connectivity index (χ4v) is 4.07. The quantitative estimate of drug-likeness (QED) is 0.541. The number of halogens is 3. The molecule has 2 aromatic rings. The lowest BCUT2D eigenvalue weighted by molar-refractivity contribution is -0.137. The number of fused-ring (bicyclic) bond motifs is 1. The minimum Gasteiger partial charge on any atom is -0.497 e. The maximum atomic E-state index is 13.7. The molecule has 0 aromatic heterocycles. The maximum absolute atomic E-state index is 13.7. The lowest BCUT2D eigenvalue weighted by Gasteiger charge is -2.38. The van der Waals surface area contributed by atoms with E-state index in [0.29, 0.717) is 11.3 Å². The Kier molecular flexibility index (Phi) is 7.29. The molecular weight excluding hydrogens is 519 g/mol. The molecule has 39 heavy (non-hydrogen) atoms. The van der Waals surface area contributed by atoms with Crippen LogP contribution in [-0.4, -0.2) is 62.4 Å². The summed E-state index contributed by atoms with van der Waals surface area (Å²) in [5.41, 5.74) is 0.187. The number of benzene rings is 2. The predicted molar refractivity (Wildman–Crippen MR) is 138 cm³/mol. The van der Waals surface area contributed by atoms with Crippen LogP contribution in [0.5, 0.6) is 5.75 Å². The summed E-state index contributed by atoms with van der Waals surface area (Å²) in [6.07, 6.45) is -4.62. The molecule has 0 aliphatic carbocycles. The van der Waals surface area contributed by atoms with Crippen LogP contribution in [0.2, 0.25) is 0 Å². The number of aliphatic imine (C=N–C) groups is 2. The Balaban J connectivity index is 1.76. The molecule has 2 aliphatic heterocycles. The minimum atomic E-state index is -4.62. The number of amides is 5. The molecule has 0 unspecified atom stereocenters. The van der Waals surface area contributed by atoms with E-state index in [9.17, 15) is 27.6 Å². The molecule has 2 aromatic carbocycles. The molecule has 0 atom stereocenters. The van der Waals surface area contributed by atoms with Gasteiger partial charge in [-0.25, -0.2) is 9.59 Å². The van der Waals surface area contributed by atoms with E-state index in [0.717, 1.165) is 23.1 Å². The number of guanidine groups is 1. The maximum Gasteiger partial charge on any atom is 0.416 e. The van der Waals surface area contributed by atoms with Crippen LogP contribution in [0.15, 0.2) is 63.7 Å². The average Bonchev–Trinajstić information content (AvgIpc) is 2.92. The fourth-order valence-electron chi connectivity index (χ4n) is 4.07. The van der Waals surface area contributed by atoms with Crippen LogP contribution in [0.3, 0.4) is 0 Å². The van der Waals surface area contributed by atoms with Gasteiger partial charge < -0.3 is 20.7 Å². The smallest absolute Gasteiger partial charge is 0.416 e. The number of hydrogen-bond acceptors (Lipinski definition) is 5. The van der Waals surface area contributed by atoms with Gasteiger partial charge in [0.05, 0.1) is 18.4 Å². The molecule has 0 radical (unpaired) electrons. The van der Waals surface area contributed by atoms with Gasteiger partial charge >= 0.3 is 18.2 Å². The van der Waals surface area contributed by atoms with Gasteiger partial charge in [-0.05, 0) is 31.2 Å². The highest BCUT2D eigenvalue weighted by Crippen LogP contribution is 2.35. The number of imide groups is 1. The number of carbonyl (C=O) groups excluding carboxylic acids is 3. The van der Waals surface area contributed by atoms with E-state index in [4.69, 9.17) is 4.74 Å². The Bertz CT molecular complexity index is 1450. The predicted octanol–water partition coefficient (Wildman–Crippen LogP) is 3.81. The molecular formula is C25H24F3N7O4. The largest absolute Gasteiger partial charge is 0.497 e. The zero-order valence-corrected chi connectivity index (χ0v) is 21.3. The van der Waals surface area contributed by atoms with Crippen molar-refractivity contribution in [1.82, 2.24) is 15.5 Å². The lowest BCUT2D eigenvalue weighted by atomic mass is 10.1. The third-order valence-corrected chi connectivity index (χ3v) is 6.00. The SMILES string of the molecule is CN=C1N=C2C(=C(C)N(c3cc(NC(=O)c4cccc(C(F)(F)F)c4)cc(OC)c3)C(=O)N2C(=O)NC)CN1. The highest BCUT2D eigenvalue weighted by Gasteiger charge is 2.41. The first-order valence-corrected chi connectivity index (χ1v) is 11.5. The first kappa shape index (κ1) is 27.2. The molecule has 4 rings (SSSR count). The van der Waals surface area contributed by atoms with Crippen molar-refractivity contribution in [3.8, 4) is 5.75 Å². The van der Waals surface area contributed by atoms with E-state index < -0.39 is 29.7 Å². The summed E-state index contributed by atoms with van der Waals surface area (Å²) < 4.78 is 44.7. The summed E-state index contributed by atoms with van der Waals surface area (Å²) >= 11 is 0. The molecule has 204 valence electrons. The number of anilines is 2. The Labute approximate surface area is 221 Å². The molecule has 0 saturated heterocycles. The Morgan fingerprint density at radius 1 is 1.18 bits per heavy atom. The molecule has 0 spiro atoms. The molecule has 14 heteroatoms. The number of rotatable bonds is 4. The van der Waals surface area contributed by atoms with E-state index in [1.54, 1.807) is 6.92 Å². The third kappa shape index (κ3) is 5.26. The molecule has 5 amide bonds. The van der Waals surface area contributed by atoms with Gasteiger partial charge in [-0.1, -0.05) is 6.07 Å². The Morgan fingerprint density at radius 3 is 2.56 bits per heavy atom. The topological polar surface area (TPSA) is 128 Å². The molecule has 2 aliphatic rings. The van der Waals surface area contributed by atoms with Crippen LogP contribution >= 0.6 is 0 Å². The third-order valence-electron chi connectivity index (χ3n) is 6.00. The molecule has 0 bridgehead atoms. The van der Waals surface area contributed by atoms with E-state index in [-0.39, 0.29) is 41.0 Å². The van der Waals surface area contributed by atoms with Crippen molar-refractivity contribution in [3.05, 3.63) is 64.9 Å².